The van der Waals surface area contributed by atoms with Crippen LogP contribution >= 0.6 is 12.2 Å². The predicted molar refractivity (Wildman–Crippen MR) is 46.4 cm³/mol. The number of nitrogens with two attached hydrogens (primary N) is 1. The van der Waals surface area contributed by atoms with Crippen LogP contribution in [0.15, 0.2) is 18.3 Å². The molecule has 0 aliphatic carbocycles. The van der Waals surface area contributed by atoms with Crippen LogP contribution in [-0.2, 0) is 0 Å². The van der Waals surface area contributed by atoms with Crippen LogP contribution < -0.4 is 10.6 Å². The van der Waals surface area contributed by atoms with E-state index in [0.717, 1.165) is 6.20 Å². The third-order valence-corrected chi connectivity index (χ3v) is 1.78. The summed E-state index contributed by atoms with van der Waals surface area (Å²) in [4.78, 5) is 14.3. The highest BCUT2D eigenvalue weighted by molar-refractivity contribution is 7.71. The van der Waals surface area contributed by atoms with Crippen LogP contribution in [0.2, 0.25) is 0 Å². The molecule has 82 valence electrons. The van der Waals surface area contributed by atoms with Crippen molar-refractivity contribution >= 4 is 18.1 Å². The highest BCUT2D eigenvalue weighted by atomic mass is 32.1. The lowest BCUT2D eigenvalue weighted by molar-refractivity contribution is -0.323. The second-order valence-corrected chi connectivity index (χ2v) is 2.84. The molecule has 0 spiro atoms. The highest BCUT2D eigenvalue weighted by Gasteiger charge is 2.32. The fraction of sp³-hybridized carbons (Fsp3) is 0.143. The van der Waals surface area contributed by atoms with Gasteiger partial charge in [0.2, 0.25) is 0 Å². The fourth-order valence-corrected chi connectivity index (χ4v) is 1.11. The zero-order valence-corrected chi connectivity index (χ0v) is 7.93. The van der Waals surface area contributed by atoms with Gasteiger partial charge in [-0.3, -0.25) is 4.79 Å². The maximum absolute atomic E-state index is 11.8. The van der Waals surface area contributed by atoms with E-state index in [1.165, 1.54) is 12.1 Å². The van der Waals surface area contributed by atoms with Crippen molar-refractivity contribution in [1.29, 1.82) is 0 Å². The first-order valence-electron chi connectivity index (χ1n) is 3.59. The van der Waals surface area contributed by atoms with Gasteiger partial charge in [-0.15, -0.1) is 13.2 Å². The van der Waals surface area contributed by atoms with E-state index in [-0.39, 0.29) is 10.3 Å². The van der Waals surface area contributed by atoms with Gasteiger partial charge >= 0.3 is 6.36 Å². The van der Waals surface area contributed by atoms with Gasteiger partial charge in [0.15, 0.2) is 4.64 Å². The molecular formula is C7H5F3N2O2S. The molecule has 2 N–H and O–H groups in total. The van der Waals surface area contributed by atoms with Crippen LogP contribution in [0.3, 0.4) is 0 Å². The number of primary amides is 1. The summed E-state index contributed by atoms with van der Waals surface area (Å²) in [5, 5.41) is 0. The van der Waals surface area contributed by atoms with E-state index in [9.17, 15) is 18.0 Å². The van der Waals surface area contributed by atoms with Crippen LogP contribution in [0.5, 0.6) is 0 Å². The second kappa shape index (κ2) is 3.89. The van der Waals surface area contributed by atoms with Gasteiger partial charge in [0.1, 0.15) is 0 Å². The quantitative estimate of drug-likeness (QED) is 0.789. The maximum atomic E-state index is 11.8. The van der Waals surface area contributed by atoms with Gasteiger partial charge in [0, 0.05) is 6.20 Å². The largest absolute Gasteiger partial charge is 0.591 e. The Morgan fingerprint density at radius 1 is 1.53 bits per heavy atom. The Labute approximate surface area is 87.0 Å². The number of alkyl halides is 3. The summed E-state index contributed by atoms with van der Waals surface area (Å²) in [5.74, 6) is -0.917. The summed E-state index contributed by atoms with van der Waals surface area (Å²) >= 11 is 4.57. The number of nitrogens with zero attached hydrogens (tertiary/aromatic N) is 1. The number of halogens is 3. The van der Waals surface area contributed by atoms with Crippen molar-refractivity contribution in [2.75, 3.05) is 0 Å². The molecule has 1 aromatic heterocycles. The minimum Gasteiger partial charge on any atom is -0.366 e. The summed E-state index contributed by atoms with van der Waals surface area (Å²) in [6.45, 7) is 0. The van der Waals surface area contributed by atoms with Gasteiger partial charge in [0.25, 0.3) is 5.91 Å². The Morgan fingerprint density at radius 3 is 2.60 bits per heavy atom. The molecule has 0 saturated heterocycles. The molecule has 4 nitrogen and oxygen atoms in total. The lowest BCUT2D eigenvalue weighted by atomic mass is 10.3. The number of pyridine rings is 1. The summed E-state index contributed by atoms with van der Waals surface area (Å²) in [6.07, 6.45) is -3.95. The first-order chi connectivity index (χ1) is 6.81. The molecule has 0 fully saturated rings. The smallest absolute Gasteiger partial charge is 0.366 e. The Bertz CT molecular complexity index is 441. The van der Waals surface area contributed by atoms with E-state index in [1.54, 1.807) is 0 Å². The summed E-state index contributed by atoms with van der Waals surface area (Å²) in [7, 11) is 0. The first-order valence-corrected chi connectivity index (χ1v) is 4.00. The molecule has 1 rings (SSSR count). The zero-order chi connectivity index (χ0) is 11.6. The Hall–Kier alpha value is -1.57. The molecule has 1 aromatic rings. The average Bonchev–Trinajstić information content (AvgIpc) is 2.05. The lowest BCUT2D eigenvalue weighted by Gasteiger charge is -2.11. The standard InChI is InChI=1S/C7H5F3N2O2S/c8-7(9,10)14-12-3-1-2-4(5(11)13)6(12)15/h1-3H,(H2,11,13). The van der Waals surface area contributed by atoms with Crippen molar-refractivity contribution in [2.45, 2.75) is 6.36 Å². The topological polar surface area (TPSA) is 57.2 Å². The molecule has 1 heterocycles. The Balaban J connectivity index is 3.17. The van der Waals surface area contributed by atoms with Crippen molar-refractivity contribution in [2.24, 2.45) is 5.73 Å². The number of carbonyl (C=O) groups excluding carboxylic acids is 1. The van der Waals surface area contributed by atoms with E-state index in [0.29, 0.717) is 0 Å². The van der Waals surface area contributed by atoms with Crippen LogP contribution in [0.25, 0.3) is 0 Å². The van der Waals surface area contributed by atoms with Crippen LogP contribution in [0.1, 0.15) is 10.4 Å². The van der Waals surface area contributed by atoms with Crippen LogP contribution in [0.4, 0.5) is 13.2 Å². The third kappa shape index (κ3) is 2.94. The van der Waals surface area contributed by atoms with E-state index in [2.05, 4.69) is 17.1 Å². The van der Waals surface area contributed by atoms with Gasteiger partial charge in [-0.25, -0.2) is 0 Å². The van der Waals surface area contributed by atoms with Gasteiger partial charge in [-0.05, 0) is 12.1 Å². The second-order valence-electron chi connectivity index (χ2n) is 2.45. The molecule has 0 bridgehead atoms. The minimum absolute atomic E-state index is 0.211. The number of aromatic nitrogens is 1. The molecule has 15 heavy (non-hydrogen) atoms. The van der Waals surface area contributed by atoms with E-state index in [1.807, 2.05) is 0 Å². The molecule has 0 saturated carbocycles. The SMILES string of the molecule is NC(=O)c1cccn(OC(F)(F)F)c1=S. The number of rotatable bonds is 2. The summed E-state index contributed by atoms with van der Waals surface area (Å²) < 4.78 is 35.4. The van der Waals surface area contributed by atoms with E-state index >= 15 is 0 Å². The first kappa shape index (κ1) is 11.5. The molecule has 0 aliphatic heterocycles. The molecule has 0 radical (unpaired) electrons. The fourth-order valence-electron chi connectivity index (χ4n) is 0.846. The van der Waals surface area contributed by atoms with Gasteiger partial charge in [0.05, 0.1) is 5.56 Å². The number of hydrogen-bond acceptors (Lipinski definition) is 3. The molecule has 0 atom stereocenters. The maximum Gasteiger partial charge on any atom is 0.591 e. The normalized spacial score (nSPS) is 11.1. The minimum atomic E-state index is -4.88. The predicted octanol–water partition coefficient (Wildman–Crippen LogP) is 1.26. The van der Waals surface area contributed by atoms with Crippen LogP contribution in [0, 0.1) is 4.64 Å². The zero-order valence-electron chi connectivity index (χ0n) is 7.12. The number of carbonyl (C=O) groups is 1. The third-order valence-electron chi connectivity index (χ3n) is 1.38. The average molecular weight is 238 g/mol. The van der Waals surface area contributed by atoms with Crippen molar-refractivity contribution in [3.63, 3.8) is 0 Å². The van der Waals surface area contributed by atoms with E-state index in [4.69, 9.17) is 5.73 Å². The van der Waals surface area contributed by atoms with Crippen molar-refractivity contribution < 1.29 is 22.8 Å². The van der Waals surface area contributed by atoms with Gasteiger partial charge < -0.3 is 10.6 Å². The molecule has 0 aromatic carbocycles. The molecule has 0 unspecified atom stereocenters. The highest BCUT2D eigenvalue weighted by Crippen LogP contribution is 2.13. The molecular weight excluding hydrogens is 233 g/mol. The van der Waals surface area contributed by atoms with Crippen molar-refractivity contribution in [3.8, 4) is 0 Å². The molecule has 1 amide bonds. The number of hydrogen-bond donors (Lipinski definition) is 1. The molecule has 0 aliphatic rings. The van der Waals surface area contributed by atoms with Gasteiger partial charge in [-0.2, -0.15) is 4.73 Å². The Kier molecular flexibility index (Phi) is 2.98. The lowest BCUT2D eigenvalue weighted by Crippen LogP contribution is -2.28. The molecule has 8 heteroatoms. The van der Waals surface area contributed by atoms with Crippen LogP contribution in [-0.4, -0.2) is 17.0 Å². The van der Waals surface area contributed by atoms with E-state index < -0.39 is 16.9 Å². The summed E-state index contributed by atoms with van der Waals surface area (Å²) in [5.41, 5.74) is 4.68. The van der Waals surface area contributed by atoms with Crippen molar-refractivity contribution in [3.05, 3.63) is 28.5 Å². The Morgan fingerprint density at radius 2 is 2.13 bits per heavy atom. The summed E-state index contributed by atoms with van der Waals surface area (Å²) in [6, 6.07) is 2.38. The monoisotopic (exact) mass is 238 g/mol. The van der Waals surface area contributed by atoms with Crippen molar-refractivity contribution in [1.82, 2.24) is 4.73 Å². The van der Waals surface area contributed by atoms with Gasteiger partial charge in [-0.1, -0.05) is 12.2 Å². The number of amides is 1.